The van der Waals surface area contributed by atoms with Crippen LogP contribution in [0.3, 0.4) is 0 Å². The van der Waals surface area contributed by atoms with Crippen LogP contribution in [0.2, 0.25) is 0 Å². The van der Waals surface area contributed by atoms with Gasteiger partial charge in [0, 0.05) is 20.6 Å². The van der Waals surface area contributed by atoms with Gasteiger partial charge >= 0.3 is 0 Å². The van der Waals surface area contributed by atoms with E-state index in [4.69, 9.17) is 9.47 Å². The third kappa shape index (κ3) is 1.39. The Morgan fingerprint density at radius 2 is 2.00 bits per heavy atom. The molecular weight excluding hydrogens is 128 g/mol. The Hall–Kier alpha value is -0.340. The maximum Gasteiger partial charge on any atom is 0.187 e. The van der Waals surface area contributed by atoms with Crippen LogP contribution in [0, 0.1) is 0 Å². The van der Waals surface area contributed by atoms with Crippen molar-refractivity contribution in [2.75, 3.05) is 14.2 Å². The maximum absolute atomic E-state index is 5.22. The molecule has 0 heterocycles. The molecule has 0 spiro atoms. The van der Waals surface area contributed by atoms with Crippen LogP contribution in [0.1, 0.15) is 19.3 Å². The summed E-state index contributed by atoms with van der Waals surface area (Å²) in [6.07, 6.45) is 7.37. The molecule has 0 aromatic rings. The fourth-order valence-electron chi connectivity index (χ4n) is 1.24. The first kappa shape index (κ1) is 7.76. The quantitative estimate of drug-likeness (QED) is 0.431. The van der Waals surface area contributed by atoms with Crippen LogP contribution in [0.5, 0.6) is 0 Å². The second-order valence-electron chi connectivity index (χ2n) is 2.51. The van der Waals surface area contributed by atoms with Crippen LogP contribution >= 0.6 is 0 Å². The van der Waals surface area contributed by atoms with Gasteiger partial charge in [-0.25, -0.2) is 0 Å². The van der Waals surface area contributed by atoms with Crippen molar-refractivity contribution in [3.05, 3.63) is 12.2 Å². The fraction of sp³-hybridized carbons (Fsp3) is 0.750. The maximum atomic E-state index is 5.22. The second kappa shape index (κ2) is 3.17. The van der Waals surface area contributed by atoms with Crippen molar-refractivity contribution in [3.8, 4) is 0 Å². The fourth-order valence-corrected chi connectivity index (χ4v) is 1.24. The largest absolute Gasteiger partial charge is 0.350 e. The summed E-state index contributed by atoms with van der Waals surface area (Å²) in [5.41, 5.74) is 0. The average Bonchev–Trinajstić information content (AvgIpc) is 2.06. The third-order valence-electron chi connectivity index (χ3n) is 1.96. The first-order valence-corrected chi connectivity index (χ1v) is 3.61. The summed E-state index contributed by atoms with van der Waals surface area (Å²) in [6, 6.07) is 0. The molecule has 1 aliphatic carbocycles. The van der Waals surface area contributed by atoms with Crippen LogP contribution in [-0.2, 0) is 9.47 Å². The summed E-state index contributed by atoms with van der Waals surface area (Å²) in [6.45, 7) is 0. The van der Waals surface area contributed by atoms with Gasteiger partial charge in [0.2, 0.25) is 0 Å². The minimum atomic E-state index is -0.418. The highest BCUT2D eigenvalue weighted by molar-refractivity contribution is 5.00. The minimum absolute atomic E-state index is 0.418. The van der Waals surface area contributed by atoms with Gasteiger partial charge in [-0.3, -0.25) is 0 Å². The van der Waals surface area contributed by atoms with E-state index in [1.165, 1.54) is 0 Å². The lowest BCUT2D eigenvalue weighted by atomic mass is 10.0. The standard InChI is InChI=1S/C8H14O2/c1-9-8(10-2)6-4-3-5-7-8/h4,6H,3,5,7H2,1-2H3. The van der Waals surface area contributed by atoms with E-state index in [0.29, 0.717) is 0 Å². The number of hydrogen-bond acceptors (Lipinski definition) is 2. The molecule has 10 heavy (non-hydrogen) atoms. The molecule has 0 amide bonds. The summed E-state index contributed by atoms with van der Waals surface area (Å²) < 4.78 is 10.4. The van der Waals surface area contributed by atoms with Gasteiger partial charge in [-0.05, 0) is 18.9 Å². The number of rotatable bonds is 2. The summed E-state index contributed by atoms with van der Waals surface area (Å²) in [4.78, 5) is 0. The molecule has 0 radical (unpaired) electrons. The lowest BCUT2D eigenvalue weighted by Gasteiger charge is -2.29. The number of allylic oxidation sites excluding steroid dienone is 1. The van der Waals surface area contributed by atoms with Gasteiger partial charge in [-0.1, -0.05) is 6.08 Å². The highest BCUT2D eigenvalue weighted by atomic mass is 16.7. The van der Waals surface area contributed by atoms with Gasteiger partial charge in [0.1, 0.15) is 0 Å². The average molecular weight is 142 g/mol. The third-order valence-corrected chi connectivity index (χ3v) is 1.96. The van der Waals surface area contributed by atoms with Crippen LogP contribution in [-0.4, -0.2) is 20.0 Å². The minimum Gasteiger partial charge on any atom is -0.350 e. The van der Waals surface area contributed by atoms with E-state index in [-0.39, 0.29) is 0 Å². The van der Waals surface area contributed by atoms with Crippen molar-refractivity contribution < 1.29 is 9.47 Å². The van der Waals surface area contributed by atoms with Gasteiger partial charge in [0.25, 0.3) is 0 Å². The molecule has 0 fully saturated rings. The van der Waals surface area contributed by atoms with Gasteiger partial charge in [-0.15, -0.1) is 0 Å². The predicted octanol–water partition coefficient (Wildman–Crippen LogP) is 1.72. The van der Waals surface area contributed by atoms with Gasteiger partial charge in [0.15, 0.2) is 5.79 Å². The van der Waals surface area contributed by atoms with E-state index in [1.807, 2.05) is 6.08 Å². The zero-order chi connectivity index (χ0) is 7.45. The molecule has 0 bridgehead atoms. The number of ether oxygens (including phenoxy) is 2. The Kier molecular flexibility index (Phi) is 2.46. The summed E-state index contributed by atoms with van der Waals surface area (Å²) in [5, 5.41) is 0. The highest BCUT2D eigenvalue weighted by Gasteiger charge is 2.26. The van der Waals surface area contributed by atoms with Crippen LogP contribution in [0.15, 0.2) is 12.2 Å². The van der Waals surface area contributed by atoms with E-state index >= 15 is 0 Å². The molecule has 1 aliphatic rings. The second-order valence-corrected chi connectivity index (χ2v) is 2.51. The van der Waals surface area contributed by atoms with Crippen molar-refractivity contribution in [2.24, 2.45) is 0 Å². The SMILES string of the molecule is COC1(OC)C=CCCC1. The van der Waals surface area contributed by atoms with E-state index in [9.17, 15) is 0 Å². The zero-order valence-electron chi connectivity index (χ0n) is 6.59. The molecule has 0 aliphatic heterocycles. The zero-order valence-corrected chi connectivity index (χ0v) is 6.59. The Bertz CT molecular complexity index is 125. The van der Waals surface area contributed by atoms with Crippen LogP contribution in [0.25, 0.3) is 0 Å². The molecule has 0 unspecified atom stereocenters. The monoisotopic (exact) mass is 142 g/mol. The first-order chi connectivity index (χ1) is 4.83. The van der Waals surface area contributed by atoms with Crippen molar-refractivity contribution in [1.29, 1.82) is 0 Å². The number of hydrogen-bond donors (Lipinski definition) is 0. The molecule has 0 N–H and O–H groups in total. The van der Waals surface area contributed by atoms with Crippen LogP contribution < -0.4 is 0 Å². The van der Waals surface area contributed by atoms with Crippen molar-refractivity contribution in [1.82, 2.24) is 0 Å². The summed E-state index contributed by atoms with van der Waals surface area (Å²) >= 11 is 0. The van der Waals surface area contributed by atoms with E-state index in [2.05, 4.69) is 6.08 Å². The Balaban J connectivity index is 2.61. The molecule has 0 saturated heterocycles. The molecule has 0 saturated carbocycles. The molecule has 0 aromatic heterocycles. The lowest BCUT2D eigenvalue weighted by Crippen LogP contribution is -2.32. The van der Waals surface area contributed by atoms with Crippen molar-refractivity contribution in [2.45, 2.75) is 25.0 Å². The molecular formula is C8H14O2. The first-order valence-electron chi connectivity index (χ1n) is 3.61. The molecule has 0 atom stereocenters. The summed E-state index contributed by atoms with van der Waals surface area (Å²) in [5.74, 6) is -0.418. The molecule has 58 valence electrons. The normalized spacial score (nSPS) is 23.0. The Morgan fingerprint density at radius 1 is 1.30 bits per heavy atom. The lowest BCUT2D eigenvalue weighted by molar-refractivity contribution is -0.177. The van der Waals surface area contributed by atoms with Gasteiger partial charge < -0.3 is 9.47 Å². The van der Waals surface area contributed by atoms with Crippen molar-refractivity contribution in [3.63, 3.8) is 0 Å². The van der Waals surface area contributed by atoms with Gasteiger partial charge in [0.05, 0.1) is 0 Å². The van der Waals surface area contributed by atoms with E-state index in [1.54, 1.807) is 14.2 Å². The predicted molar refractivity (Wildman–Crippen MR) is 39.7 cm³/mol. The molecule has 1 rings (SSSR count). The summed E-state index contributed by atoms with van der Waals surface area (Å²) in [7, 11) is 3.36. The highest BCUT2D eigenvalue weighted by Crippen LogP contribution is 2.25. The van der Waals surface area contributed by atoms with Crippen molar-refractivity contribution >= 4 is 0 Å². The topological polar surface area (TPSA) is 18.5 Å². The van der Waals surface area contributed by atoms with E-state index in [0.717, 1.165) is 19.3 Å². The van der Waals surface area contributed by atoms with Crippen LogP contribution in [0.4, 0.5) is 0 Å². The Labute approximate surface area is 61.8 Å². The molecule has 0 aromatic carbocycles. The molecule has 2 nitrogen and oxygen atoms in total. The smallest absolute Gasteiger partial charge is 0.187 e. The van der Waals surface area contributed by atoms with E-state index < -0.39 is 5.79 Å². The number of methoxy groups -OCH3 is 2. The van der Waals surface area contributed by atoms with Gasteiger partial charge in [-0.2, -0.15) is 0 Å². The Morgan fingerprint density at radius 3 is 2.30 bits per heavy atom. The molecule has 2 heteroatoms.